The van der Waals surface area contributed by atoms with Gasteiger partial charge in [0.25, 0.3) is 0 Å². The van der Waals surface area contributed by atoms with E-state index in [-0.39, 0.29) is 5.57 Å². The van der Waals surface area contributed by atoms with Gasteiger partial charge in [0.15, 0.2) is 0 Å². The van der Waals surface area contributed by atoms with E-state index in [1.807, 2.05) is 48.5 Å². The summed E-state index contributed by atoms with van der Waals surface area (Å²) in [6.45, 7) is 0. The van der Waals surface area contributed by atoms with Gasteiger partial charge in [0.2, 0.25) is 0 Å². The number of hydrogen-bond acceptors (Lipinski definition) is 5. The summed E-state index contributed by atoms with van der Waals surface area (Å²) >= 11 is 0. The second kappa shape index (κ2) is 5.78. The van der Waals surface area contributed by atoms with E-state index in [4.69, 9.17) is 10.5 Å². The first-order valence-corrected chi connectivity index (χ1v) is 6.49. The lowest BCUT2D eigenvalue weighted by atomic mass is 10.2. The second-order valence-corrected chi connectivity index (χ2v) is 4.46. The molecule has 0 unspecified atom stereocenters. The van der Waals surface area contributed by atoms with Crippen LogP contribution in [0, 0.1) is 22.7 Å². The van der Waals surface area contributed by atoms with Crippen LogP contribution < -0.4 is 5.32 Å². The molecule has 0 atom stereocenters. The number of fused-ring (bicyclic) bond motifs is 1. The topological polar surface area (TPSA) is 90.3 Å². The molecule has 1 N–H and O–H groups in total. The van der Waals surface area contributed by atoms with E-state index in [0.29, 0.717) is 0 Å². The summed E-state index contributed by atoms with van der Waals surface area (Å²) in [5, 5.41) is 28.5. The molecule has 3 rings (SSSR count). The number of anilines is 1. The van der Waals surface area contributed by atoms with Crippen molar-refractivity contribution in [3.63, 3.8) is 0 Å². The van der Waals surface area contributed by atoms with E-state index in [2.05, 4.69) is 15.6 Å². The summed E-state index contributed by atoms with van der Waals surface area (Å²) < 4.78 is 1.75. The molecular weight excluding hydrogens is 276 g/mol. The van der Waals surface area contributed by atoms with E-state index >= 15 is 0 Å². The summed E-state index contributed by atoms with van der Waals surface area (Å²) in [6.07, 6.45) is 1.37. The summed E-state index contributed by atoms with van der Waals surface area (Å²) in [4.78, 5) is 0. The highest BCUT2D eigenvalue weighted by Gasteiger charge is 2.05. The fourth-order valence-electron chi connectivity index (χ4n) is 2.00. The molecule has 0 amide bonds. The number of nitrogens with zero attached hydrogens (tertiary/aromatic N) is 5. The van der Waals surface area contributed by atoms with Crippen molar-refractivity contribution in [3.8, 4) is 17.8 Å². The molecule has 0 aliphatic carbocycles. The molecule has 0 saturated carbocycles. The zero-order chi connectivity index (χ0) is 15.4. The molecule has 22 heavy (non-hydrogen) atoms. The van der Waals surface area contributed by atoms with Crippen LogP contribution in [0.25, 0.3) is 16.7 Å². The molecule has 0 bridgehead atoms. The van der Waals surface area contributed by atoms with Gasteiger partial charge in [-0.15, -0.1) is 5.10 Å². The van der Waals surface area contributed by atoms with Crippen molar-refractivity contribution in [3.05, 3.63) is 60.3 Å². The van der Waals surface area contributed by atoms with E-state index in [9.17, 15) is 0 Å². The first-order chi connectivity index (χ1) is 10.8. The zero-order valence-electron chi connectivity index (χ0n) is 11.4. The van der Waals surface area contributed by atoms with Crippen LogP contribution in [0.2, 0.25) is 0 Å². The Labute approximate surface area is 126 Å². The van der Waals surface area contributed by atoms with Crippen LogP contribution in [-0.2, 0) is 0 Å². The van der Waals surface area contributed by atoms with Gasteiger partial charge < -0.3 is 5.32 Å². The summed E-state index contributed by atoms with van der Waals surface area (Å²) in [5.74, 6) is 0. The summed E-state index contributed by atoms with van der Waals surface area (Å²) in [5.41, 5.74) is 3.44. The molecular formula is C16H10N6. The van der Waals surface area contributed by atoms with Crippen LogP contribution in [0.1, 0.15) is 0 Å². The van der Waals surface area contributed by atoms with Gasteiger partial charge in [-0.2, -0.15) is 10.5 Å². The SMILES string of the molecule is N#CC(C#N)=CNc1ccc(-n2nnc3ccccc32)cc1. The minimum atomic E-state index is 0.0198. The fourth-order valence-corrected chi connectivity index (χ4v) is 2.00. The standard InChI is InChI=1S/C16H10N6/c17-9-12(10-18)11-19-13-5-7-14(8-6-13)22-16-4-2-1-3-15(16)20-21-22/h1-8,11,19H. The Hall–Kier alpha value is -3.64. The van der Waals surface area contributed by atoms with Gasteiger partial charge >= 0.3 is 0 Å². The van der Waals surface area contributed by atoms with Gasteiger partial charge in [-0.05, 0) is 36.4 Å². The number of rotatable bonds is 3. The molecule has 104 valence electrons. The van der Waals surface area contributed by atoms with Crippen LogP contribution in [0.3, 0.4) is 0 Å². The Morgan fingerprint density at radius 1 is 1.05 bits per heavy atom. The molecule has 0 saturated heterocycles. The van der Waals surface area contributed by atoms with E-state index in [1.54, 1.807) is 16.8 Å². The number of nitrogens with one attached hydrogen (secondary N) is 1. The lowest BCUT2D eigenvalue weighted by Crippen LogP contribution is -1.97. The lowest BCUT2D eigenvalue weighted by molar-refractivity contribution is 0.824. The van der Waals surface area contributed by atoms with Gasteiger partial charge in [-0.3, -0.25) is 0 Å². The molecule has 0 aliphatic heterocycles. The first kappa shape index (κ1) is 13.3. The van der Waals surface area contributed by atoms with Crippen molar-refractivity contribution < 1.29 is 0 Å². The number of benzene rings is 2. The van der Waals surface area contributed by atoms with Crippen LogP contribution in [0.15, 0.2) is 60.3 Å². The Morgan fingerprint density at radius 2 is 1.77 bits per heavy atom. The third kappa shape index (κ3) is 2.49. The molecule has 1 heterocycles. The number of nitriles is 2. The molecule has 3 aromatic rings. The number of allylic oxidation sites excluding steroid dienone is 1. The third-order valence-electron chi connectivity index (χ3n) is 3.09. The van der Waals surface area contributed by atoms with Gasteiger partial charge in [-0.25, -0.2) is 4.68 Å². The minimum absolute atomic E-state index is 0.0198. The Balaban J connectivity index is 1.88. The summed E-state index contributed by atoms with van der Waals surface area (Å²) in [7, 11) is 0. The maximum Gasteiger partial charge on any atom is 0.145 e. The highest BCUT2D eigenvalue weighted by atomic mass is 15.4. The van der Waals surface area contributed by atoms with Gasteiger partial charge in [-0.1, -0.05) is 17.3 Å². The van der Waals surface area contributed by atoms with Crippen LogP contribution >= 0.6 is 0 Å². The average molecular weight is 286 g/mol. The quantitative estimate of drug-likeness (QED) is 0.747. The van der Waals surface area contributed by atoms with Crippen molar-refractivity contribution in [2.24, 2.45) is 0 Å². The predicted octanol–water partition coefficient (Wildman–Crippen LogP) is 2.76. The van der Waals surface area contributed by atoms with Crippen molar-refractivity contribution in [1.29, 1.82) is 10.5 Å². The van der Waals surface area contributed by atoms with Crippen molar-refractivity contribution in [2.75, 3.05) is 5.32 Å². The largest absolute Gasteiger partial charge is 0.360 e. The molecule has 2 aromatic carbocycles. The van der Waals surface area contributed by atoms with Crippen molar-refractivity contribution in [1.82, 2.24) is 15.0 Å². The van der Waals surface area contributed by atoms with Gasteiger partial charge in [0, 0.05) is 11.9 Å². The lowest BCUT2D eigenvalue weighted by Gasteiger charge is -2.04. The van der Waals surface area contributed by atoms with E-state index in [1.165, 1.54) is 6.20 Å². The maximum absolute atomic E-state index is 8.67. The highest BCUT2D eigenvalue weighted by Crippen LogP contribution is 2.18. The Kier molecular flexibility index (Phi) is 3.51. The molecule has 6 nitrogen and oxygen atoms in total. The molecule has 0 radical (unpaired) electrons. The third-order valence-corrected chi connectivity index (χ3v) is 3.09. The highest BCUT2D eigenvalue weighted by molar-refractivity contribution is 5.76. The zero-order valence-corrected chi connectivity index (χ0v) is 11.4. The fraction of sp³-hybridized carbons (Fsp3) is 0. The molecule has 1 aromatic heterocycles. The van der Waals surface area contributed by atoms with Gasteiger partial charge in [0.05, 0.1) is 11.2 Å². The van der Waals surface area contributed by atoms with Crippen molar-refractivity contribution >= 4 is 16.7 Å². The Morgan fingerprint density at radius 3 is 2.50 bits per heavy atom. The first-order valence-electron chi connectivity index (χ1n) is 6.49. The second-order valence-electron chi connectivity index (χ2n) is 4.46. The smallest absolute Gasteiger partial charge is 0.145 e. The van der Waals surface area contributed by atoms with Crippen LogP contribution in [0.4, 0.5) is 5.69 Å². The minimum Gasteiger partial charge on any atom is -0.360 e. The average Bonchev–Trinajstić information content (AvgIpc) is 3.00. The number of aromatic nitrogens is 3. The number of para-hydroxylation sites is 1. The molecule has 6 heteroatoms. The maximum atomic E-state index is 8.67. The van der Waals surface area contributed by atoms with E-state index < -0.39 is 0 Å². The molecule has 0 aliphatic rings. The van der Waals surface area contributed by atoms with E-state index in [0.717, 1.165) is 22.4 Å². The van der Waals surface area contributed by atoms with Gasteiger partial charge in [0.1, 0.15) is 23.2 Å². The number of hydrogen-bond donors (Lipinski definition) is 1. The normalized spacial score (nSPS) is 9.73. The predicted molar refractivity (Wildman–Crippen MR) is 81.8 cm³/mol. The molecule has 0 spiro atoms. The molecule has 0 fully saturated rings. The monoisotopic (exact) mass is 286 g/mol. The van der Waals surface area contributed by atoms with Crippen LogP contribution in [-0.4, -0.2) is 15.0 Å². The van der Waals surface area contributed by atoms with Crippen LogP contribution in [0.5, 0.6) is 0 Å². The summed E-state index contributed by atoms with van der Waals surface area (Å²) in [6, 6.07) is 18.8. The Bertz CT molecular complexity index is 906. The van der Waals surface area contributed by atoms with Crippen molar-refractivity contribution in [2.45, 2.75) is 0 Å².